The third kappa shape index (κ3) is 4.23. The molecule has 2 aromatic carbocycles. The van der Waals surface area contributed by atoms with Crippen molar-refractivity contribution in [1.82, 2.24) is 29.9 Å². The van der Waals surface area contributed by atoms with E-state index in [2.05, 4.69) is 66.3 Å². The summed E-state index contributed by atoms with van der Waals surface area (Å²) >= 11 is 0. The minimum Gasteiger partial charge on any atom is -0.256 e. The fraction of sp³-hybridized carbons (Fsp3) is 0. The largest absolute Gasteiger partial charge is 0.256 e. The van der Waals surface area contributed by atoms with Crippen molar-refractivity contribution in [2.45, 2.75) is 0 Å². The number of pyridine rings is 2. The Balaban J connectivity index is 1.53. The summed E-state index contributed by atoms with van der Waals surface area (Å²) in [6, 6.07) is 24.6. The summed E-state index contributed by atoms with van der Waals surface area (Å²) in [5.41, 5.74) is 9.88. The van der Waals surface area contributed by atoms with E-state index in [1.54, 1.807) is 25.0 Å². The van der Waals surface area contributed by atoms with E-state index in [9.17, 15) is 0 Å². The van der Waals surface area contributed by atoms with Crippen LogP contribution in [0.15, 0.2) is 123 Å². The van der Waals surface area contributed by atoms with Gasteiger partial charge in [0.1, 0.15) is 12.7 Å². The highest BCUT2D eigenvalue weighted by Crippen LogP contribution is 2.38. The molecule has 0 N–H and O–H groups in total. The van der Waals surface area contributed by atoms with Gasteiger partial charge in [-0.15, -0.1) is 0 Å². The van der Waals surface area contributed by atoms with E-state index < -0.39 is 0 Å². The molecule has 0 aliphatic heterocycles. The van der Waals surface area contributed by atoms with Crippen molar-refractivity contribution < 1.29 is 0 Å². The monoisotopic (exact) mass is 464 g/mol. The number of hydrogen-bond donors (Lipinski definition) is 0. The van der Waals surface area contributed by atoms with Crippen LogP contribution in [0.25, 0.3) is 55.9 Å². The van der Waals surface area contributed by atoms with Crippen molar-refractivity contribution >= 4 is 0 Å². The standard InChI is InChI=1S/C30H20N6/c1-3-11-35-29(5-1)25-9-7-21(13-27(25)23-15-31-19-32-16-23)22-8-10-26(30-6-2-4-12-36-30)28(14-22)24-17-33-20-34-18-24/h1-20H. The zero-order valence-electron chi connectivity index (χ0n) is 19.2. The van der Waals surface area contributed by atoms with E-state index in [1.165, 1.54) is 0 Å². The van der Waals surface area contributed by atoms with E-state index in [0.717, 1.165) is 55.9 Å². The van der Waals surface area contributed by atoms with E-state index in [1.807, 2.05) is 61.2 Å². The lowest BCUT2D eigenvalue weighted by molar-refractivity contribution is 1.17. The number of aromatic nitrogens is 6. The van der Waals surface area contributed by atoms with Crippen LogP contribution in [0.3, 0.4) is 0 Å². The summed E-state index contributed by atoms with van der Waals surface area (Å²) in [5.74, 6) is 0. The Morgan fingerprint density at radius 1 is 0.389 bits per heavy atom. The van der Waals surface area contributed by atoms with Gasteiger partial charge in [-0.25, -0.2) is 19.9 Å². The fourth-order valence-corrected chi connectivity index (χ4v) is 4.29. The van der Waals surface area contributed by atoms with Gasteiger partial charge in [-0.1, -0.05) is 36.4 Å². The molecule has 6 aromatic rings. The Morgan fingerprint density at radius 2 is 0.833 bits per heavy atom. The fourth-order valence-electron chi connectivity index (χ4n) is 4.29. The molecule has 4 aromatic heterocycles. The van der Waals surface area contributed by atoms with E-state index >= 15 is 0 Å². The van der Waals surface area contributed by atoms with Crippen LogP contribution in [0, 0.1) is 0 Å². The lowest BCUT2D eigenvalue weighted by Gasteiger charge is -2.14. The first-order valence-electron chi connectivity index (χ1n) is 11.5. The van der Waals surface area contributed by atoms with Gasteiger partial charge >= 0.3 is 0 Å². The highest BCUT2D eigenvalue weighted by Gasteiger charge is 2.14. The predicted molar refractivity (Wildman–Crippen MR) is 140 cm³/mol. The Bertz CT molecular complexity index is 1480. The summed E-state index contributed by atoms with van der Waals surface area (Å²) in [6.07, 6.45) is 14.0. The molecule has 6 nitrogen and oxygen atoms in total. The minimum absolute atomic E-state index is 0.899. The van der Waals surface area contributed by atoms with Gasteiger partial charge in [0.25, 0.3) is 0 Å². The van der Waals surface area contributed by atoms with Gasteiger partial charge in [-0.3, -0.25) is 9.97 Å². The van der Waals surface area contributed by atoms with Crippen molar-refractivity contribution in [3.63, 3.8) is 0 Å². The van der Waals surface area contributed by atoms with Gasteiger partial charge in [-0.05, 0) is 58.7 Å². The molecule has 0 saturated carbocycles. The molecule has 0 radical (unpaired) electrons. The molecule has 0 saturated heterocycles. The minimum atomic E-state index is 0.899. The second kappa shape index (κ2) is 9.64. The third-order valence-corrected chi connectivity index (χ3v) is 6.00. The normalized spacial score (nSPS) is 10.8. The van der Waals surface area contributed by atoms with Gasteiger partial charge in [0.05, 0.1) is 11.4 Å². The van der Waals surface area contributed by atoms with Crippen molar-refractivity contribution in [1.29, 1.82) is 0 Å². The molecular weight excluding hydrogens is 444 g/mol. The second-order valence-corrected chi connectivity index (χ2v) is 8.20. The molecule has 170 valence electrons. The molecule has 6 heteroatoms. The smallest absolute Gasteiger partial charge is 0.115 e. The van der Waals surface area contributed by atoms with Crippen LogP contribution in [0.5, 0.6) is 0 Å². The van der Waals surface area contributed by atoms with Crippen LogP contribution in [0.4, 0.5) is 0 Å². The molecule has 36 heavy (non-hydrogen) atoms. The summed E-state index contributed by atoms with van der Waals surface area (Å²) in [5, 5.41) is 0. The van der Waals surface area contributed by atoms with Crippen molar-refractivity contribution in [2.24, 2.45) is 0 Å². The van der Waals surface area contributed by atoms with Crippen molar-refractivity contribution in [3.8, 4) is 55.9 Å². The Labute approximate surface area is 208 Å². The Hall–Kier alpha value is -5.10. The van der Waals surface area contributed by atoms with Gasteiger partial charge in [0, 0.05) is 59.4 Å². The van der Waals surface area contributed by atoms with Gasteiger partial charge < -0.3 is 0 Å². The first-order chi connectivity index (χ1) is 17.9. The summed E-state index contributed by atoms with van der Waals surface area (Å²) in [7, 11) is 0. The average molecular weight is 465 g/mol. The zero-order valence-corrected chi connectivity index (χ0v) is 19.2. The molecular formula is C30H20N6. The molecule has 0 aliphatic carbocycles. The SMILES string of the molecule is c1ccc(-c2ccc(-c3ccc(-c4ccccn4)c(-c4cncnc4)c3)cc2-c2cncnc2)nc1. The number of hydrogen-bond acceptors (Lipinski definition) is 6. The highest BCUT2D eigenvalue weighted by molar-refractivity contribution is 5.89. The maximum Gasteiger partial charge on any atom is 0.115 e. The second-order valence-electron chi connectivity index (χ2n) is 8.20. The number of nitrogens with zero attached hydrogens (tertiary/aromatic N) is 6. The van der Waals surface area contributed by atoms with Gasteiger partial charge in [0.2, 0.25) is 0 Å². The number of rotatable bonds is 5. The Morgan fingerprint density at radius 3 is 1.22 bits per heavy atom. The molecule has 0 aliphatic rings. The predicted octanol–water partition coefficient (Wildman–Crippen LogP) is 6.39. The first kappa shape index (κ1) is 21.4. The summed E-state index contributed by atoms with van der Waals surface area (Å²) in [4.78, 5) is 26.1. The molecule has 0 spiro atoms. The molecule has 0 fully saturated rings. The van der Waals surface area contributed by atoms with Crippen LogP contribution in [0.1, 0.15) is 0 Å². The highest BCUT2D eigenvalue weighted by atomic mass is 14.8. The van der Waals surface area contributed by atoms with Crippen molar-refractivity contribution in [3.05, 3.63) is 123 Å². The van der Waals surface area contributed by atoms with Gasteiger partial charge in [-0.2, -0.15) is 0 Å². The Kier molecular flexibility index (Phi) is 5.74. The lowest BCUT2D eigenvalue weighted by Crippen LogP contribution is -1.93. The molecule has 0 bridgehead atoms. The van der Waals surface area contributed by atoms with Crippen molar-refractivity contribution in [2.75, 3.05) is 0 Å². The van der Waals surface area contributed by atoms with Crippen LogP contribution >= 0.6 is 0 Å². The van der Waals surface area contributed by atoms with E-state index in [-0.39, 0.29) is 0 Å². The molecule has 0 atom stereocenters. The quantitative estimate of drug-likeness (QED) is 0.294. The zero-order chi connectivity index (χ0) is 24.2. The van der Waals surface area contributed by atoms with Gasteiger partial charge in [0.15, 0.2) is 0 Å². The summed E-state index contributed by atoms with van der Waals surface area (Å²) < 4.78 is 0. The topological polar surface area (TPSA) is 77.3 Å². The van der Waals surface area contributed by atoms with E-state index in [0.29, 0.717) is 0 Å². The molecule has 0 unspecified atom stereocenters. The molecule has 4 heterocycles. The maximum atomic E-state index is 4.57. The van der Waals surface area contributed by atoms with Crippen LogP contribution < -0.4 is 0 Å². The van der Waals surface area contributed by atoms with Crippen LogP contribution in [-0.2, 0) is 0 Å². The first-order valence-corrected chi connectivity index (χ1v) is 11.5. The third-order valence-electron chi connectivity index (χ3n) is 6.00. The summed E-state index contributed by atoms with van der Waals surface area (Å²) in [6.45, 7) is 0. The molecule has 0 amide bonds. The number of benzene rings is 2. The maximum absolute atomic E-state index is 4.57. The van der Waals surface area contributed by atoms with Crippen LogP contribution in [-0.4, -0.2) is 29.9 Å². The van der Waals surface area contributed by atoms with E-state index in [4.69, 9.17) is 0 Å². The lowest BCUT2D eigenvalue weighted by atomic mass is 9.91. The average Bonchev–Trinajstić information content (AvgIpc) is 2.98. The molecule has 6 rings (SSSR count). The van der Waals surface area contributed by atoms with Crippen LogP contribution in [0.2, 0.25) is 0 Å².